The normalized spacial score (nSPS) is 13.7. The quantitative estimate of drug-likeness (QED) is 0.466. The van der Waals surface area contributed by atoms with E-state index in [9.17, 15) is 9.59 Å². The van der Waals surface area contributed by atoms with E-state index >= 15 is 0 Å². The molecular formula is C22H22N4O3S. The molecule has 4 aromatic heterocycles. The van der Waals surface area contributed by atoms with Gasteiger partial charge in [-0.1, -0.05) is 5.16 Å². The summed E-state index contributed by atoms with van der Waals surface area (Å²) in [4.78, 5) is 32.8. The fourth-order valence-corrected chi connectivity index (χ4v) is 5.61. The van der Waals surface area contributed by atoms with Gasteiger partial charge >= 0.3 is 0 Å². The lowest BCUT2D eigenvalue weighted by Crippen LogP contribution is -2.25. The summed E-state index contributed by atoms with van der Waals surface area (Å²) >= 11 is 1.62. The highest BCUT2D eigenvalue weighted by molar-refractivity contribution is 7.18. The van der Waals surface area contributed by atoms with Gasteiger partial charge in [0, 0.05) is 27.9 Å². The van der Waals surface area contributed by atoms with Crippen molar-refractivity contribution in [2.75, 3.05) is 0 Å². The van der Waals surface area contributed by atoms with Gasteiger partial charge in [0.1, 0.15) is 10.6 Å². The number of carbonyl (C=O) groups excluding carboxylic acids is 1. The SMILES string of the molecule is Cc1cc(-n2c(C)cc(C(=O)Cn3cnc4sc5c(c4c3=O)CCCC5)c2C)no1. The number of thiophene rings is 1. The van der Waals surface area contributed by atoms with Crippen LogP contribution >= 0.6 is 11.3 Å². The summed E-state index contributed by atoms with van der Waals surface area (Å²) in [5, 5.41) is 4.76. The highest BCUT2D eigenvalue weighted by atomic mass is 32.1. The Morgan fingerprint density at radius 2 is 2.00 bits per heavy atom. The molecule has 5 rings (SSSR count). The second kappa shape index (κ2) is 7.05. The minimum atomic E-state index is -0.123. The minimum absolute atomic E-state index is 0.0332. The third kappa shape index (κ3) is 2.94. The summed E-state index contributed by atoms with van der Waals surface area (Å²) in [7, 11) is 0. The van der Waals surface area contributed by atoms with E-state index in [0.29, 0.717) is 22.5 Å². The predicted molar refractivity (Wildman–Crippen MR) is 115 cm³/mol. The van der Waals surface area contributed by atoms with Gasteiger partial charge in [0.25, 0.3) is 5.56 Å². The van der Waals surface area contributed by atoms with E-state index in [-0.39, 0.29) is 17.9 Å². The molecule has 0 spiro atoms. The molecule has 0 aliphatic heterocycles. The van der Waals surface area contributed by atoms with Gasteiger partial charge in [-0.3, -0.25) is 18.7 Å². The Bertz CT molecular complexity index is 1350. The number of fused-ring (bicyclic) bond motifs is 3. The number of aryl methyl sites for hydroxylation is 4. The zero-order valence-corrected chi connectivity index (χ0v) is 18.0. The maximum Gasteiger partial charge on any atom is 0.262 e. The fraction of sp³-hybridized carbons (Fsp3) is 0.364. The summed E-state index contributed by atoms with van der Waals surface area (Å²) in [5.74, 6) is 1.23. The molecule has 0 atom stereocenters. The van der Waals surface area contributed by atoms with Crippen LogP contribution in [0.25, 0.3) is 16.0 Å². The summed E-state index contributed by atoms with van der Waals surface area (Å²) in [6, 6.07) is 3.67. The molecule has 0 radical (unpaired) electrons. The van der Waals surface area contributed by atoms with E-state index in [1.54, 1.807) is 11.3 Å². The first-order valence-electron chi connectivity index (χ1n) is 10.1. The molecule has 1 aliphatic carbocycles. The maximum absolute atomic E-state index is 13.2. The number of Topliss-reactive ketones (excluding diaryl/α,β-unsaturated/α-hetero) is 1. The van der Waals surface area contributed by atoms with Crippen LogP contribution < -0.4 is 5.56 Å². The fourth-order valence-electron chi connectivity index (χ4n) is 4.39. The molecule has 0 fully saturated rings. The van der Waals surface area contributed by atoms with E-state index in [1.165, 1.54) is 15.8 Å². The first kappa shape index (κ1) is 19.0. The molecule has 0 aromatic carbocycles. The van der Waals surface area contributed by atoms with Gasteiger partial charge in [-0.05, 0) is 58.1 Å². The zero-order valence-electron chi connectivity index (χ0n) is 17.2. The lowest BCUT2D eigenvalue weighted by atomic mass is 9.97. The monoisotopic (exact) mass is 422 g/mol. The van der Waals surface area contributed by atoms with Crippen molar-refractivity contribution >= 4 is 27.3 Å². The smallest absolute Gasteiger partial charge is 0.262 e. The van der Waals surface area contributed by atoms with Gasteiger partial charge in [0.2, 0.25) is 0 Å². The van der Waals surface area contributed by atoms with Crippen molar-refractivity contribution in [3.05, 3.63) is 62.0 Å². The molecule has 4 heterocycles. The topological polar surface area (TPSA) is 82.9 Å². The van der Waals surface area contributed by atoms with Crippen LogP contribution in [0.1, 0.15) is 50.8 Å². The largest absolute Gasteiger partial charge is 0.360 e. The van der Waals surface area contributed by atoms with Crippen LogP contribution in [0.3, 0.4) is 0 Å². The molecule has 30 heavy (non-hydrogen) atoms. The van der Waals surface area contributed by atoms with Crippen molar-refractivity contribution in [1.29, 1.82) is 0 Å². The van der Waals surface area contributed by atoms with Crippen LogP contribution in [0.5, 0.6) is 0 Å². The van der Waals surface area contributed by atoms with E-state index in [0.717, 1.165) is 47.5 Å². The maximum atomic E-state index is 13.2. The summed E-state index contributed by atoms with van der Waals surface area (Å²) in [6.07, 6.45) is 5.70. The molecular weight excluding hydrogens is 400 g/mol. The number of ketones is 1. The van der Waals surface area contributed by atoms with Crippen LogP contribution in [0.2, 0.25) is 0 Å². The molecule has 0 saturated heterocycles. The van der Waals surface area contributed by atoms with Crippen molar-refractivity contribution in [2.24, 2.45) is 0 Å². The van der Waals surface area contributed by atoms with Crippen molar-refractivity contribution < 1.29 is 9.32 Å². The number of aromatic nitrogens is 4. The minimum Gasteiger partial charge on any atom is -0.360 e. The average molecular weight is 423 g/mol. The van der Waals surface area contributed by atoms with Crippen LogP contribution in [0, 0.1) is 20.8 Å². The van der Waals surface area contributed by atoms with Gasteiger partial charge in [-0.2, -0.15) is 0 Å². The molecule has 0 saturated carbocycles. The van der Waals surface area contributed by atoms with Gasteiger partial charge in [-0.25, -0.2) is 4.98 Å². The molecule has 0 bridgehead atoms. The lowest BCUT2D eigenvalue weighted by Gasteiger charge is -2.10. The van der Waals surface area contributed by atoms with E-state index < -0.39 is 0 Å². The van der Waals surface area contributed by atoms with Crippen molar-refractivity contribution in [3.63, 3.8) is 0 Å². The summed E-state index contributed by atoms with van der Waals surface area (Å²) in [5.41, 5.74) is 3.26. The Hall–Kier alpha value is -3.00. The van der Waals surface area contributed by atoms with Crippen LogP contribution in [0.4, 0.5) is 0 Å². The third-order valence-corrected chi connectivity index (χ3v) is 7.03. The van der Waals surface area contributed by atoms with Crippen molar-refractivity contribution in [1.82, 2.24) is 19.3 Å². The molecule has 4 aromatic rings. The Morgan fingerprint density at radius 3 is 2.77 bits per heavy atom. The lowest BCUT2D eigenvalue weighted by molar-refractivity contribution is 0.0970. The molecule has 1 aliphatic rings. The summed E-state index contributed by atoms with van der Waals surface area (Å²) < 4.78 is 8.52. The first-order valence-corrected chi connectivity index (χ1v) is 10.9. The van der Waals surface area contributed by atoms with Crippen LogP contribution in [-0.2, 0) is 19.4 Å². The standard InChI is InChI=1S/C22H22N4O3S/c1-12-8-16(14(3)26(12)19-9-13(2)29-24-19)17(27)10-25-11-23-21-20(22(25)28)15-6-4-5-7-18(15)30-21/h8-9,11H,4-7,10H2,1-3H3. The molecule has 0 N–H and O–H groups in total. The first-order chi connectivity index (χ1) is 14.4. The third-order valence-electron chi connectivity index (χ3n) is 5.83. The molecule has 154 valence electrons. The second-order valence-electron chi connectivity index (χ2n) is 7.91. The number of nitrogens with zero attached hydrogens (tertiary/aromatic N) is 4. The average Bonchev–Trinajstić information content (AvgIpc) is 3.39. The van der Waals surface area contributed by atoms with Gasteiger partial charge in [0.15, 0.2) is 11.6 Å². The highest BCUT2D eigenvalue weighted by Gasteiger charge is 2.22. The van der Waals surface area contributed by atoms with E-state index in [4.69, 9.17) is 4.52 Å². The van der Waals surface area contributed by atoms with Crippen molar-refractivity contribution in [3.8, 4) is 5.82 Å². The Morgan fingerprint density at radius 1 is 1.20 bits per heavy atom. The number of hydrogen-bond acceptors (Lipinski definition) is 6. The number of carbonyl (C=O) groups is 1. The van der Waals surface area contributed by atoms with Crippen LogP contribution in [-0.4, -0.2) is 25.1 Å². The van der Waals surface area contributed by atoms with E-state index in [1.807, 2.05) is 37.5 Å². The Balaban J connectivity index is 1.51. The molecule has 0 unspecified atom stereocenters. The second-order valence-corrected chi connectivity index (χ2v) is 8.99. The zero-order chi connectivity index (χ0) is 21.0. The van der Waals surface area contributed by atoms with Gasteiger partial charge in [0.05, 0.1) is 18.3 Å². The number of hydrogen-bond donors (Lipinski definition) is 0. The summed E-state index contributed by atoms with van der Waals surface area (Å²) in [6.45, 7) is 5.60. The van der Waals surface area contributed by atoms with Crippen LogP contribution in [0.15, 0.2) is 27.8 Å². The van der Waals surface area contributed by atoms with Crippen molar-refractivity contribution in [2.45, 2.75) is 53.0 Å². The van der Waals surface area contributed by atoms with Gasteiger partial charge < -0.3 is 4.52 Å². The molecule has 0 amide bonds. The number of rotatable bonds is 4. The highest BCUT2D eigenvalue weighted by Crippen LogP contribution is 2.33. The molecule has 7 nitrogen and oxygen atoms in total. The molecule has 8 heteroatoms. The Kier molecular flexibility index (Phi) is 4.47. The van der Waals surface area contributed by atoms with Gasteiger partial charge in [-0.15, -0.1) is 11.3 Å². The predicted octanol–water partition coefficient (Wildman–Crippen LogP) is 3.92. The Labute approximate surface area is 177 Å². The van der Waals surface area contributed by atoms with E-state index in [2.05, 4.69) is 10.1 Å².